The van der Waals surface area contributed by atoms with Gasteiger partial charge in [-0.3, -0.25) is 0 Å². The van der Waals surface area contributed by atoms with Gasteiger partial charge in [0.15, 0.2) is 0 Å². The van der Waals surface area contributed by atoms with Gasteiger partial charge in [0.1, 0.15) is 0 Å². The van der Waals surface area contributed by atoms with E-state index >= 15 is 0 Å². The van der Waals surface area contributed by atoms with Crippen molar-refractivity contribution in [2.45, 2.75) is 63.5 Å². The number of nitrogens with zero attached hydrogens (tertiary/aromatic N) is 1. The first-order valence-corrected chi connectivity index (χ1v) is 6.92. The maximum absolute atomic E-state index is 10.7. The van der Waals surface area contributed by atoms with Crippen LogP contribution in [-0.4, -0.2) is 35.7 Å². The second-order valence-corrected chi connectivity index (χ2v) is 6.32. The largest absolute Gasteiger partial charge is 0.391 e. The molecule has 0 radical (unpaired) electrons. The molecule has 0 aliphatic heterocycles. The molecule has 0 aromatic heterocycles. The van der Waals surface area contributed by atoms with Crippen LogP contribution in [0.3, 0.4) is 0 Å². The average molecular weight is 225 g/mol. The summed E-state index contributed by atoms with van der Waals surface area (Å²) in [6, 6.07) is 0. The fourth-order valence-corrected chi connectivity index (χ4v) is 3.46. The van der Waals surface area contributed by atoms with E-state index in [1.807, 2.05) is 0 Å². The van der Waals surface area contributed by atoms with E-state index in [1.54, 1.807) is 0 Å². The summed E-state index contributed by atoms with van der Waals surface area (Å²) in [5, 5.41) is 10.7. The van der Waals surface area contributed by atoms with E-state index in [-0.39, 0.29) is 11.6 Å². The first-order valence-electron chi connectivity index (χ1n) is 6.92. The summed E-state index contributed by atoms with van der Waals surface area (Å²) in [6.07, 6.45) is 8.63. The molecule has 1 atom stereocenters. The Morgan fingerprint density at radius 2 is 1.69 bits per heavy atom. The molecule has 0 bridgehead atoms. The zero-order valence-electron chi connectivity index (χ0n) is 11.1. The third-order valence-electron chi connectivity index (χ3n) is 5.18. The van der Waals surface area contributed by atoms with Crippen LogP contribution in [0.25, 0.3) is 0 Å². The van der Waals surface area contributed by atoms with Crippen LogP contribution in [0.5, 0.6) is 0 Å². The Hall–Kier alpha value is -0.0800. The molecule has 2 aliphatic rings. The highest BCUT2D eigenvalue weighted by Gasteiger charge is 2.46. The second kappa shape index (κ2) is 4.66. The minimum Gasteiger partial charge on any atom is -0.391 e. The maximum Gasteiger partial charge on any atom is 0.0751 e. The molecule has 0 aromatic rings. The Morgan fingerprint density at radius 3 is 2.06 bits per heavy atom. The van der Waals surface area contributed by atoms with Crippen LogP contribution in [-0.2, 0) is 0 Å². The molecule has 0 spiro atoms. The molecule has 0 saturated heterocycles. The minimum atomic E-state index is -0.0938. The standard InChI is InChI=1S/C14H27NO/c1-11-7-9-14(10-8-11,15(2)3)13(16)12-5-4-6-12/h11-13,16H,4-10H2,1-3H3. The smallest absolute Gasteiger partial charge is 0.0751 e. The van der Waals surface area contributed by atoms with Crippen LogP contribution in [0.1, 0.15) is 51.9 Å². The van der Waals surface area contributed by atoms with E-state index in [2.05, 4.69) is 25.9 Å². The van der Waals surface area contributed by atoms with Gasteiger partial charge in [-0.05, 0) is 64.5 Å². The molecule has 2 fully saturated rings. The van der Waals surface area contributed by atoms with Crippen molar-refractivity contribution in [2.24, 2.45) is 11.8 Å². The molecule has 0 heterocycles. The lowest BCUT2D eigenvalue weighted by molar-refractivity contribution is -0.0844. The molecule has 2 aliphatic carbocycles. The van der Waals surface area contributed by atoms with Gasteiger partial charge in [-0.2, -0.15) is 0 Å². The Balaban J connectivity index is 2.08. The maximum atomic E-state index is 10.7. The zero-order chi connectivity index (χ0) is 11.8. The SMILES string of the molecule is CC1CCC(C(O)C2CCC2)(N(C)C)CC1. The predicted molar refractivity (Wildman–Crippen MR) is 67.4 cm³/mol. The first-order chi connectivity index (χ1) is 7.56. The van der Waals surface area contributed by atoms with E-state index in [9.17, 15) is 5.11 Å². The lowest BCUT2D eigenvalue weighted by Gasteiger charge is -2.51. The van der Waals surface area contributed by atoms with Gasteiger partial charge < -0.3 is 10.0 Å². The van der Waals surface area contributed by atoms with Gasteiger partial charge in [0.2, 0.25) is 0 Å². The van der Waals surface area contributed by atoms with Crippen LogP contribution in [0.2, 0.25) is 0 Å². The lowest BCUT2D eigenvalue weighted by Crippen LogP contribution is -2.58. The molecule has 1 unspecified atom stereocenters. The molecule has 2 saturated carbocycles. The van der Waals surface area contributed by atoms with Crippen LogP contribution >= 0.6 is 0 Å². The molecule has 2 rings (SSSR count). The van der Waals surface area contributed by atoms with Crippen molar-refractivity contribution in [3.8, 4) is 0 Å². The zero-order valence-corrected chi connectivity index (χ0v) is 11.1. The van der Waals surface area contributed by atoms with E-state index < -0.39 is 0 Å². The van der Waals surface area contributed by atoms with Crippen LogP contribution < -0.4 is 0 Å². The molecular formula is C14H27NO. The Bertz CT molecular complexity index is 227. The molecule has 16 heavy (non-hydrogen) atoms. The van der Waals surface area contributed by atoms with Gasteiger partial charge in [0.05, 0.1) is 6.10 Å². The normalized spacial score (nSPS) is 38.4. The minimum absolute atomic E-state index is 0.0809. The predicted octanol–water partition coefficient (Wildman–Crippen LogP) is 2.66. The van der Waals surface area contributed by atoms with Crippen LogP contribution in [0, 0.1) is 11.8 Å². The van der Waals surface area contributed by atoms with E-state index in [0.717, 1.165) is 5.92 Å². The molecule has 1 N–H and O–H groups in total. The van der Waals surface area contributed by atoms with Crippen molar-refractivity contribution in [3.05, 3.63) is 0 Å². The molecule has 2 nitrogen and oxygen atoms in total. The third kappa shape index (κ3) is 2.02. The van der Waals surface area contributed by atoms with Gasteiger partial charge >= 0.3 is 0 Å². The summed E-state index contributed by atoms with van der Waals surface area (Å²) in [6.45, 7) is 2.34. The number of aliphatic hydroxyl groups excluding tert-OH is 1. The number of aliphatic hydroxyl groups is 1. The fourth-order valence-electron chi connectivity index (χ4n) is 3.46. The molecular weight excluding hydrogens is 198 g/mol. The molecule has 0 amide bonds. The number of likely N-dealkylation sites (N-methyl/N-ethyl adjacent to an activating group) is 1. The van der Waals surface area contributed by atoms with Gasteiger partial charge in [0.25, 0.3) is 0 Å². The highest BCUT2D eigenvalue weighted by molar-refractivity contribution is 5.01. The van der Waals surface area contributed by atoms with Gasteiger partial charge in [-0.15, -0.1) is 0 Å². The highest BCUT2D eigenvalue weighted by Crippen LogP contribution is 2.44. The summed E-state index contributed by atoms with van der Waals surface area (Å²) in [4.78, 5) is 2.31. The number of hydrogen-bond donors (Lipinski definition) is 1. The van der Waals surface area contributed by atoms with Crippen molar-refractivity contribution in [2.75, 3.05) is 14.1 Å². The van der Waals surface area contributed by atoms with Crippen molar-refractivity contribution in [1.29, 1.82) is 0 Å². The van der Waals surface area contributed by atoms with E-state index in [1.165, 1.54) is 44.9 Å². The highest BCUT2D eigenvalue weighted by atomic mass is 16.3. The van der Waals surface area contributed by atoms with Crippen molar-refractivity contribution in [1.82, 2.24) is 4.90 Å². The second-order valence-electron chi connectivity index (χ2n) is 6.32. The summed E-state index contributed by atoms with van der Waals surface area (Å²) < 4.78 is 0. The topological polar surface area (TPSA) is 23.5 Å². The molecule has 0 aromatic carbocycles. The monoisotopic (exact) mass is 225 g/mol. The molecule has 94 valence electrons. The fraction of sp³-hybridized carbons (Fsp3) is 1.00. The van der Waals surface area contributed by atoms with E-state index in [0.29, 0.717) is 5.92 Å². The van der Waals surface area contributed by atoms with Gasteiger partial charge in [0, 0.05) is 5.54 Å². The van der Waals surface area contributed by atoms with E-state index in [4.69, 9.17) is 0 Å². The Morgan fingerprint density at radius 1 is 1.12 bits per heavy atom. The van der Waals surface area contributed by atoms with Crippen molar-refractivity contribution < 1.29 is 5.11 Å². The van der Waals surface area contributed by atoms with Crippen molar-refractivity contribution >= 4 is 0 Å². The summed E-state index contributed by atoms with van der Waals surface area (Å²) >= 11 is 0. The summed E-state index contributed by atoms with van der Waals surface area (Å²) in [5.74, 6) is 1.43. The first kappa shape index (κ1) is 12.4. The van der Waals surface area contributed by atoms with Crippen molar-refractivity contribution in [3.63, 3.8) is 0 Å². The number of rotatable bonds is 3. The molecule has 2 heteroatoms. The Kier molecular flexibility index (Phi) is 3.60. The number of hydrogen-bond acceptors (Lipinski definition) is 2. The van der Waals surface area contributed by atoms with Gasteiger partial charge in [-0.1, -0.05) is 13.3 Å². The summed E-state index contributed by atoms with van der Waals surface area (Å²) in [5.41, 5.74) is 0.0809. The summed E-state index contributed by atoms with van der Waals surface area (Å²) in [7, 11) is 4.30. The van der Waals surface area contributed by atoms with Crippen LogP contribution in [0.15, 0.2) is 0 Å². The van der Waals surface area contributed by atoms with Crippen LogP contribution in [0.4, 0.5) is 0 Å². The average Bonchev–Trinajstić information content (AvgIpc) is 2.15. The third-order valence-corrected chi connectivity index (χ3v) is 5.18. The van der Waals surface area contributed by atoms with Gasteiger partial charge in [-0.25, -0.2) is 0 Å². The lowest BCUT2D eigenvalue weighted by atomic mass is 9.66. The Labute approximate surface area is 100 Å². The quantitative estimate of drug-likeness (QED) is 0.798.